The third-order valence-corrected chi connectivity index (χ3v) is 4.04. The molecule has 0 aliphatic heterocycles. The van der Waals surface area contributed by atoms with Crippen LogP contribution in [0.5, 0.6) is 0 Å². The van der Waals surface area contributed by atoms with E-state index in [1.54, 1.807) is 0 Å². The zero-order chi connectivity index (χ0) is 15.5. The van der Waals surface area contributed by atoms with Crippen LogP contribution in [-0.2, 0) is 10.2 Å². The quantitative estimate of drug-likeness (QED) is 0.871. The van der Waals surface area contributed by atoms with Crippen LogP contribution in [0.4, 0.5) is 0 Å². The molecule has 2 N–H and O–H groups in total. The van der Waals surface area contributed by atoms with Gasteiger partial charge in [-0.2, -0.15) is 5.26 Å². The average Bonchev–Trinajstić information content (AvgIpc) is 2.42. The molecule has 1 saturated carbocycles. The number of nitrogens with zero attached hydrogens (tertiary/aromatic N) is 1. The predicted octanol–water partition coefficient (Wildman–Crippen LogP) is 2.11. The van der Waals surface area contributed by atoms with E-state index in [-0.39, 0.29) is 24.0 Å². The Bertz CT molecular complexity index is 527. The van der Waals surface area contributed by atoms with Crippen LogP contribution in [0.25, 0.3) is 0 Å². The molecular weight excluding hydrogens is 262 g/mol. The first-order valence-electron chi connectivity index (χ1n) is 7.50. The topological polar surface area (TPSA) is 64.9 Å². The fourth-order valence-corrected chi connectivity index (χ4v) is 2.89. The van der Waals surface area contributed by atoms with Crippen molar-refractivity contribution in [2.24, 2.45) is 0 Å². The minimum atomic E-state index is -0.396. The van der Waals surface area contributed by atoms with Gasteiger partial charge in [0.25, 0.3) is 0 Å². The van der Waals surface area contributed by atoms with Gasteiger partial charge in [0, 0.05) is 12.1 Å². The highest BCUT2D eigenvalue weighted by molar-refractivity contribution is 5.81. The minimum Gasteiger partial charge on any atom is -0.353 e. The maximum absolute atomic E-state index is 11.9. The van der Waals surface area contributed by atoms with E-state index in [0.29, 0.717) is 0 Å². The van der Waals surface area contributed by atoms with E-state index in [2.05, 4.69) is 16.7 Å². The molecule has 0 heterocycles. The molecule has 0 bridgehead atoms. The third kappa shape index (κ3) is 3.43. The molecule has 2 rings (SSSR count). The number of carbonyl (C=O) groups is 1. The Morgan fingerprint density at radius 1 is 1.29 bits per heavy atom. The molecule has 0 aromatic heterocycles. The molecule has 0 radical (unpaired) electrons. The lowest BCUT2D eigenvalue weighted by molar-refractivity contribution is -0.123. The molecular formula is C17H23N3O. The van der Waals surface area contributed by atoms with E-state index in [1.807, 2.05) is 51.1 Å². The SMILES string of the molecule is CC(C)NC(=O)C(C)NC1CC(C#N)(c2ccccc2)C1. The summed E-state index contributed by atoms with van der Waals surface area (Å²) in [4.78, 5) is 11.9. The number of nitrogens with one attached hydrogen (secondary N) is 2. The van der Waals surface area contributed by atoms with Crippen LogP contribution in [-0.4, -0.2) is 24.0 Å². The molecule has 1 fully saturated rings. The lowest BCUT2D eigenvalue weighted by atomic mass is 9.62. The number of rotatable bonds is 5. The maximum Gasteiger partial charge on any atom is 0.237 e. The van der Waals surface area contributed by atoms with Gasteiger partial charge in [-0.1, -0.05) is 30.3 Å². The van der Waals surface area contributed by atoms with E-state index in [9.17, 15) is 10.1 Å². The first kappa shape index (κ1) is 15.5. The second-order valence-corrected chi connectivity index (χ2v) is 6.22. The molecule has 4 nitrogen and oxygen atoms in total. The van der Waals surface area contributed by atoms with E-state index in [1.165, 1.54) is 0 Å². The smallest absolute Gasteiger partial charge is 0.237 e. The maximum atomic E-state index is 11.9. The van der Waals surface area contributed by atoms with Crippen LogP contribution in [0.2, 0.25) is 0 Å². The van der Waals surface area contributed by atoms with Crippen LogP contribution in [0.1, 0.15) is 39.2 Å². The van der Waals surface area contributed by atoms with Crippen LogP contribution in [0, 0.1) is 11.3 Å². The summed E-state index contributed by atoms with van der Waals surface area (Å²) in [5.41, 5.74) is 0.678. The van der Waals surface area contributed by atoms with Crippen molar-refractivity contribution < 1.29 is 4.79 Å². The van der Waals surface area contributed by atoms with Gasteiger partial charge in [-0.05, 0) is 39.2 Å². The van der Waals surface area contributed by atoms with Crippen molar-refractivity contribution in [2.75, 3.05) is 0 Å². The van der Waals surface area contributed by atoms with Gasteiger partial charge < -0.3 is 10.6 Å². The summed E-state index contributed by atoms with van der Waals surface area (Å²) in [5, 5.41) is 15.7. The Kier molecular flexibility index (Phi) is 4.64. The number of hydrogen-bond acceptors (Lipinski definition) is 3. The van der Waals surface area contributed by atoms with Crippen molar-refractivity contribution in [2.45, 2.75) is 57.2 Å². The summed E-state index contributed by atoms with van der Waals surface area (Å²) in [6, 6.07) is 12.5. The third-order valence-electron chi connectivity index (χ3n) is 4.04. The summed E-state index contributed by atoms with van der Waals surface area (Å²) in [6.45, 7) is 5.76. The summed E-state index contributed by atoms with van der Waals surface area (Å²) in [7, 11) is 0. The van der Waals surface area contributed by atoms with Gasteiger partial charge in [-0.15, -0.1) is 0 Å². The van der Waals surface area contributed by atoms with Crippen molar-refractivity contribution in [3.05, 3.63) is 35.9 Å². The fourth-order valence-electron chi connectivity index (χ4n) is 2.89. The molecule has 21 heavy (non-hydrogen) atoms. The Labute approximate surface area is 126 Å². The highest BCUT2D eigenvalue weighted by Crippen LogP contribution is 2.43. The van der Waals surface area contributed by atoms with Gasteiger partial charge in [0.1, 0.15) is 0 Å². The predicted molar refractivity (Wildman–Crippen MR) is 82.6 cm³/mol. The molecule has 1 aliphatic carbocycles. The molecule has 1 unspecified atom stereocenters. The molecule has 0 saturated heterocycles. The van der Waals surface area contributed by atoms with E-state index in [0.717, 1.165) is 18.4 Å². The fraction of sp³-hybridized carbons (Fsp3) is 0.529. The minimum absolute atomic E-state index is 0.0131. The number of hydrogen-bond donors (Lipinski definition) is 2. The second kappa shape index (κ2) is 6.28. The van der Waals surface area contributed by atoms with E-state index >= 15 is 0 Å². The van der Waals surface area contributed by atoms with Gasteiger partial charge in [0.05, 0.1) is 17.5 Å². The summed E-state index contributed by atoms with van der Waals surface area (Å²) in [5.74, 6) is 0.0131. The monoisotopic (exact) mass is 285 g/mol. The Morgan fingerprint density at radius 2 is 1.90 bits per heavy atom. The van der Waals surface area contributed by atoms with Gasteiger partial charge in [-0.25, -0.2) is 0 Å². The Balaban J connectivity index is 1.91. The second-order valence-electron chi connectivity index (χ2n) is 6.22. The molecule has 0 spiro atoms. The molecule has 1 aromatic carbocycles. The molecule has 1 amide bonds. The number of nitriles is 1. The lowest BCUT2D eigenvalue weighted by Gasteiger charge is -2.44. The van der Waals surface area contributed by atoms with Crippen molar-refractivity contribution >= 4 is 5.91 Å². The van der Waals surface area contributed by atoms with Gasteiger partial charge in [0.15, 0.2) is 0 Å². The molecule has 4 heteroatoms. The highest BCUT2D eigenvalue weighted by atomic mass is 16.2. The van der Waals surface area contributed by atoms with Crippen LogP contribution in [0.3, 0.4) is 0 Å². The average molecular weight is 285 g/mol. The summed E-state index contributed by atoms with van der Waals surface area (Å²) < 4.78 is 0. The highest BCUT2D eigenvalue weighted by Gasteiger charge is 2.46. The molecule has 1 aliphatic rings. The molecule has 1 aromatic rings. The van der Waals surface area contributed by atoms with Crippen molar-refractivity contribution in [3.8, 4) is 6.07 Å². The molecule has 112 valence electrons. The first-order chi connectivity index (χ1) is 9.97. The molecule has 1 atom stereocenters. The van der Waals surface area contributed by atoms with Crippen molar-refractivity contribution in [3.63, 3.8) is 0 Å². The van der Waals surface area contributed by atoms with E-state index < -0.39 is 5.41 Å². The zero-order valence-corrected chi connectivity index (χ0v) is 12.9. The first-order valence-corrected chi connectivity index (χ1v) is 7.50. The van der Waals surface area contributed by atoms with Gasteiger partial charge in [0.2, 0.25) is 5.91 Å². The zero-order valence-electron chi connectivity index (χ0n) is 12.9. The lowest BCUT2D eigenvalue weighted by Crippen LogP contribution is -2.56. The van der Waals surface area contributed by atoms with E-state index in [4.69, 9.17) is 0 Å². The summed E-state index contributed by atoms with van der Waals surface area (Å²) >= 11 is 0. The number of benzene rings is 1. The van der Waals surface area contributed by atoms with Gasteiger partial charge in [-0.3, -0.25) is 4.79 Å². The Hall–Kier alpha value is -1.86. The Morgan fingerprint density at radius 3 is 2.43 bits per heavy atom. The van der Waals surface area contributed by atoms with Crippen LogP contribution < -0.4 is 10.6 Å². The van der Waals surface area contributed by atoms with Gasteiger partial charge >= 0.3 is 0 Å². The van der Waals surface area contributed by atoms with Crippen LogP contribution >= 0.6 is 0 Å². The largest absolute Gasteiger partial charge is 0.353 e. The summed E-state index contributed by atoms with van der Waals surface area (Å²) in [6.07, 6.45) is 1.51. The normalized spacial score (nSPS) is 25.8. The number of amides is 1. The standard InChI is InChI=1S/C17H23N3O/c1-12(2)19-16(21)13(3)20-15-9-17(10-15,11-18)14-7-5-4-6-8-14/h4-8,12-13,15,20H,9-10H2,1-3H3,(H,19,21). The van der Waals surface area contributed by atoms with Crippen LogP contribution in [0.15, 0.2) is 30.3 Å². The van der Waals surface area contributed by atoms with Crippen molar-refractivity contribution in [1.29, 1.82) is 5.26 Å². The number of carbonyl (C=O) groups excluding carboxylic acids is 1. The van der Waals surface area contributed by atoms with Crippen molar-refractivity contribution in [1.82, 2.24) is 10.6 Å².